The molecule has 1 amide bonds. The standard InChI is InChI=1S/C22H25N5O5S/c1-15-20(16(2)32-26-15)33(29,30)27-12-7-18(8-13-27)22(28)25-21-19(4-3-9-24-21)31-14-17-5-10-23-11-6-17/h3-6,9-11,18H,7-8,12-14H2,1-2H3,(H,24,25,28). The van der Waals surface area contributed by atoms with Crippen molar-refractivity contribution in [3.8, 4) is 5.75 Å². The van der Waals surface area contributed by atoms with Crippen LogP contribution in [0.2, 0.25) is 0 Å². The maximum atomic E-state index is 13.0. The second kappa shape index (κ2) is 9.67. The predicted molar refractivity (Wildman–Crippen MR) is 119 cm³/mol. The number of amides is 1. The van der Waals surface area contributed by atoms with Crippen LogP contribution in [0, 0.1) is 19.8 Å². The highest BCUT2D eigenvalue weighted by Crippen LogP contribution is 2.29. The maximum absolute atomic E-state index is 13.0. The molecule has 1 saturated heterocycles. The van der Waals surface area contributed by atoms with Crippen LogP contribution in [0.5, 0.6) is 5.75 Å². The van der Waals surface area contributed by atoms with Gasteiger partial charge in [-0.1, -0.05) is 5.16 Å². The molecule has 10 nitrogen and oxygen atoms in total. The Kier molecular flexibility index (Phi) is 6.70. The summed E-state index contributed by atoms with van der Waals surface area (Å²) in [5, 5.41) is 6.58. The van der Waals surface area contributed by atoms with E-state index in [2.05, 4.69) is 20.4 Å². The zero-order valence-corrected chi connectivity index (χ0v) is 19.2. The maximum Gasteiger partial charge on any atom is 0.248 e. The number of carbonyl (C=O) groups is 1. The number of hydrogen-bond acceptors (Lipinski definition) is 8. The normalized spacial score (nSPS) is 15.3. The lowest BCUT2D eigenvalue weighted by Gasteiger charge is -2.30. The number of rotatable bonds is 7. The molecule has 0 unspecified atom stereocenters. The second-order valence-corrected chi connectivity index (χ2v) is 9.69. The van der Waals surface area contributed by atoms with Crippen LogP contribution in [-0.4, -0.2) is 46.8 Å². The molecular formula is C22H25N5O5S. The molecule has 4 heterocycles. The Balaban J connectivity index is 1.37. The summed E-state index contributed by atoms with van der Waals surface area (Å²) in [4.78, 5) is 21.2. The Hall–Kier alpha value is -3.31. The molecule has 0 atom stereocenters. The molecule has 3 aromatic heterocycles. The number of carbonyl (C=O) groups excluding carboxylic acids is 1. The first-order chi connectivity index (χ1) is 15.9. The molecular weight excluding hydrogens is 446 g/mol. The van der Waals surface area contributed by atoms with Crippen molar-refractivity contribution < 1.29 is 22.5 Å². The first-order valence-corrected chi connectivity index (χ1v) is 12.0. The topological polar surface area (TPSA) is 128 Å². The van der Waals surface area contributed by atoms with Crippen molar-refractivity contribution in [2.75, 3.05) is 18.4 Å². The monoisotopic (exact) mass is 471 g/mol. The zero-order chi connectivity index (χ0) is 23.4. The van der Waals surface area contributed by atoms with Crippen LogP contribution in [0.3, 0.4) is 0 Å². The molecule has 1 aliphatic heterocycles. The number of aromatic nitrogens is 3. The molecule has 3 aromatic rings. The molecule has 4 rings (SSSR count). The Morgan fingerprint density at radius 3 is 2.58 bits per heavy atom. The summed E-state index contributed by atoms with van der Waals surface area (Å²) < 4.78 is 38.2. The molecule has 1 fully saturated rings. The number of ether oxygens (including phenoxy) is 1. The first kappa shape index (κ1) is 22.9. The van der Waals surface area contributed by atoms with Crippen LogP contribution >= 0.6 is 0 Å². The molecule has 0 aliphatic carbocycles. The first-order valence-electron chi connectivity index (χ1n) is 10.6. The van der Waals surface area contributed by atoms with Crippen molar-refractivity contribution >= 4 is 21.7 Å². The van der Waals surface area contributed by atoms with Gasteiger partial charge in [-0.3, -0.25) is 9.78 Å². The molecule has 0 saturated carbocycles. The Bertz CT molecular complexity index is 1200. The molecule has 0 bridgehead atoms. The van der Waals surface area contributed by atoms with Crippen molar-refractivity contribution in [2.24, 2.45) is 5.92 Å². The molecule has 0 aromatic carbocycles. The third-order valence-electron chi connectivity index (χ3n) is 5.55. The van der Waals surface area contributed by atoms with Gasteiger partial charge in [0.1, 0.15) is 17.2 Å². The highest BCUT2D eigenvalue weighted by molar-refractivity contribution is 7.89. The van der Waals surface area contributed by atoms with Crippen LogP contribution < -0.4 is 10.1 Å². The summed E-state index contributed by atoms with van der Waals surface area (Å²) in [6.45, 7) is 3.96. The lowest BCUT2D eigenvalue weighted by molar-refractivity contribution is -0.120. The SMILES string of the molecule is Cc1noc(C)c1S(=O)(=O)N1CCC(C(=O)Nc2ncccc2OCc2ccncc2)CC1. The Morgan fingerprint density at radius 1 is 1.18 bits per heavy atom. The van der Waals surface area contributed by atoms with E-state index < -0.39 is 10.0 Å². The number of hydrogen-bond donors (Lipinski definition) is 1. The van der Waals surface area contributed by atoms with Crippen LogP contribution in [0.4, 0.5) is 5.82 Å². The predicted octanol–water partition coefficient (Wildman–Crippen LogP) is 2.70. The van der Waals surface area contributed by atoms with E-state index in [4.69, 9.17) is 9.26 Å². The highest BCUT2D eigenvalue weighted by atomic mass is 32.2. The van der Waals surface area contributed by atoms with Gasteiger partial charge in [0.15, 0.2) is 17.3 Å². The van der Waals surface area contributed by atoms with E-state index in [1.165, 1.54) is 4.31 Å². The summed E-state index contributed by atoms with van der Waals surface area (Å²) in [6, 6.07) is 7.16. The minimum Gasteiger partial charge on any atom is -0.485 e. The van der Waals surface area contributed by atoms with Gasteiger partial charge in [-0.05, 0) is 56.5 Å². The molecule has 11 heteroatoms. The lowest BCUT2D eigenvalue weighted by Crippen LogP contribution is -2.41. The fraction of sp³-hybridized carbons (Fsp3) is 0.364. The van der Waals surface area contributed by atoms with E-state index in [0.717, 1.165) is 5.56 Å². The van der Waals surface area contributed by atoms with E-state index in [1.807, 2.05) is 12.1 Å². The van der Waals surface area contributed by atoms with Crippen molar-refractivity contribution in [3.63, 3.8) is 0 Å². The van der Waals surface area contributed by atoms with Crippen molar-refractivity contribution in [2.45, 2.75) is 38.2 Å². The van der Waals surface area contributed by atoms with Gasteiger partial charge in [-0.2, -0.15) is 4.31 Å². The van der Waals surface area contributed by atoms with Gasteiger partial charge >= 0.3 is 0 Å². The lowest BCUT2D eigenvalue weighted by atomic mass is 9.97. The average molecular weight is 472 g/mol. The number of pyridine rings is 2. The van der Waals surface area contributed by atoms with Gasteiger partial charge in [0.05, 0.1) is 0 Å². The van der Waals surface area contributed by atoms with Gasteiger partial charge in [0, 0.05) is 37.6 Å². The van der Waals surface area contributed by atoms with E-state index in [-0.39, 0.29) is 35.6 Å². The summed E-state index contributed by atoms with van der Waals surface area (Å²) in [5.74, 6) is 0.512. The Labute approximate surface area is 192 Å². The van der Waals surface area contributed by atoms with Gasteiger partial charge in [-0.25, -0.2) is 13.4 Å². The molecule has 33 heavy (non-hydrogen) atoms. The second-order valence-electron chi connectivity index (χ2n) is 7.82. The number of aryl methyl sites for hydroxylation is 2. The van der Waals surface area contributed by atoms with Gasteiger partial charge in [0.25, 0.3) is 0 Å². The number of nitrogens with one attached hydrogen (secondary N) is 1. The van der Waals surface area contributed by atoms with Crippen LogP contribution in [-0.2, 0) is 21.4 Å². The van der Waals surface area contributed by atoms with E-state index >= 15 is 0 Å². The fourth-order valence-electron chi connectivity index (χ4n) is 3.79. The van der Waals surface area contributed by atoms with Gasteiger partial charge in [0.2, 0.25) is 15.9 Å². The largest absolute Gasteiger partial charge is 0.485 e. The summed E-state index contributed by atoms with van der Waals surface area (Å²) >= 11 is 0. The van der Waals surface area contributed by atoms with Crippen LogP contribution in [0.25, 0.3) is 0 Å². The third kappa shape index (κ3) is 5.04. The van der Waals surface area contributed by atoms with Crippen molar-refractivity contribution in [1.82, 2.24) is 19.4 Å². The molecule has 0 radical (unpaired) electrons. The quantitative estimate of drug-likeness (QED) is 0.557. The fourth-order valence-corrected chi connectivity index (χ4v) is 5.55. The minimum atomic E-state index is -3.72. The summed E-state index contributed by atoms with van der Waals surface area (Å²) in [6.07, 6.45) is 5.74. The van der Waals surface area contributed by atoms with Crippen LogP contribution in [0.1, 0.15) is 29.9 Å². The van der Waals surface area contributed by atoms with Crippen molar-refractivity contribution in [1.29, 1.82) is 0 Å². The van der Waals surface area contributed by atoms with E-state index in [1.54, 1.807) is 44.6 Å². The number of sulfonamides is 1. The third-order valence-corrected chi connectivity index (χ3v) is 7.69. The van der Waals surface area contributed by atoms with Gasteiger partial charge in [-0.15, -0.1) is 0 Å². The van der Waals surface area contributed by atoms with Gasteiger partial charge < -0.3 is 14.6 Å². The number of piperidine rings is 1. The molecule has 174 valence electrons. The zero-order valence-electron chi connectivity index (χ0n) is 18.4. The van der Waals surface area contributed by atoms with Crippen molar-refractivity contribution in [3.05, 3.63) is 59.9 Å². The average Bonchev–Trinajstić information content (AvgIpc) is 3.17. The molecule has 0 spiro atoms. The summed E-state index contributed by atoms with van der Waals surface area (Å²) in [5.41, 5.74) is 1.28. The smallest absolute Gasteiger partial charge is 0.248 e. The van der Waals surface area contributed by atoms with E-state index in [0.29, 0.717) is 36.7 Å². The number of anilines is 1. The number of nitrogens with zero attached hydrogens (tertiary/aromatic N) is 4. The molecule has 1 N–H and O–H groups in total. The summed E-state index contributed by atoms with van der Waals surface area (Å²) in [7, 11) is -3.72. The molecule has 1 aliphatic rings. The van der Waals surface area contributed by atoms with E-state index in [9.17, 15) is 13.2 Å². The Morgan fingerprint density at radius 2 is 1.91 bits per heavy atom. The highest BCUT2D eigenvalue weighted by Gasteiger charge is 2.35. The van der Waals surface area contributed by atoms with Crippen LogP contribution in [0.15, 0.2) is 52.3 Å². The minimum absolute atomic E-state index is 0.106.